The summed E-state index contributed by atoms with van der Waals surface area (Å²) in [4.78, 5) is 15.3. The van der Waals surface area contributed by atoms with Crippen molar-refractivity contribution in [2.45, 2.75) is 39.7 Å². The Morgan fingerprint density at radius 1 is 1.28 bits per heavy atom. The van der Waals surface area contributed by atoms with E-state index in [2.05, 4.69) is 15.6 Å². The number of nitrogens with two attached hydrogens (primary N) is 1. The second-order valence-corrected chi connectivity index (χ2v) is 4.62. The fourth-order valence-electron chi connectivity index (χ4n) is 0.957. The number of guanidine groups is 1. The monoisotopic (exact) mass is 372 g/mol. The molecule has 0 aliphatic heterocycles. The molecule has 0 atom stereocenters. The fraction of sp³-hybridized carbons (Fsp3) is 0.818. The van der Waals surface area contributed by atoms with Gasteiger partial charge in [0.15, 0.2) is 5.96 Å². The van der Waals surface area contributed by atoms with Crippen LogP contribution in [-0.2, 0) is 4.74 Å². The smallest absolute Gasteiger partial charge is 0.407 e. The molecule has 0 aromatic rings. The molecular weight excluding hydrogens is 347 g/mol. The molecule has 18 heavy (non-hydrogen) atoms. The van der Waals surface area contributed by atoms with Crippen molar-refractivity contribution in [3.8, 4) is 0 Å². The summed E-state index contributed by atoms with van der Waals surface area (Å²) in [5.41, 5.74) is 5.10. The minimum atomic E-state index is -0.473. The Kier molecular flexibility index (Phi) is 11.1. The van der Waals surface area contributed by atoms with Crippen LogP contribution < -0.4 is 16.4 Å². The molecule has 0 aliphatic rings. The molecule has 0 radical (unpaired) electrons. The molecule has 0 aromatic carbocycles. The Labute approximate surface area is 126 Å². The van der Waals surface area contributed by atoms with Gasteiger partial charge in [-0.25, -0.2) is 4.79 Å². The van der Waals surface area contributed by atoms with Crippen LogP contribution in [0, 0.1) is 0 Å². The number of nitrogens with zero attached hydrogens (tertiary/aromatic N) is 1. The van der Waals surface area contributed by atoms with E-state index in [4.69, 9.17) is 10.5 Å². The van der Waals surface area contributed by atoms with Gasteiger partial charge >= 0.3 is 6.09 Å². The Morgan fingerprint density at radius 3 is 2.33 bits per heavy atom. The SMILES string of the molecule is CCCN=C(N)NCCNC(=O)OC(C)(C)C.I. The van der Waals surface area contributed by atoms with Gasteiger partial charge in [0.2, 0.25) is 0 Å². The summed E-state index contributed by atoms with van der Waals surface area (Å²) in [6.07, 6.45) is 0.529. The van der Waals surface area contributed by atoms with Crippen LogP contribution in [0.1, 0.15) is 34.1 Å². The molecule has 0 aromatic heterocycles. The van der Waals surface area contributed by atoms with Crippen molar-refractivity contribution in [2.75, 3.05) is 19.6 Å². The Balaban J connectivity index is 0. The van der Waals surface area contributed by atoms with Crippen LogP contribution in [0.5, 0.6) is 0 Å². The number of amides is 1. The number of hydrogen-bond acceptors (Lipinski definition) is 3. The summed E-state index contributed by atoms with van der Waals surface area (Å²) in [6.45, 7) is 9.16. The molecule has 0 heterocycles. The predicted octanol–water partition coefficient (Wildman–Crippen LogP) is 1.44. The van der Waals surface area contributed by atoms with E-state index in [1.807, 2.05) is 27.7 Å². The van der Waals surface area contributed by atoms with Crippen LogP contribution in [0.2, 0.25) is 0 Å². The molecule has 0 spiro atoms. The van der Waals surface area contributed by atoms with Crippen molar-refractivity contribution < 1.29 is 9.53 Å². The molecule has 7 heteroatoms. The van der Waals surface area contributed by atoms with Gasteiger partial charge in [0, 0.05) is 19.6 Å². The van der Waals surface area contributed by atoms with Gasteiger partial charge in [-0.3, -0.25) is 4.99 Å². The largest absolute Gasteiger partial charge is 0.444 e. The Bertz CT molecular complexity index is 264. The zero-order valence-corrected chi connectivity index (χ0v) is 13.9. The third-order valence-electron chi connectivity index (χ3n) is 1.61. The molecule has 0 unspecified atom stereocenters. The average Bonchev–Trinajstić information content (AvgIpc) is 2.19. The van der Waals surface area contributed by atoms with Gasteiger partial charge in [0.1, 0.15) is 5.60 Å². The Morgan fingerprint density at radius 2 is 1.83 bits per heavy atom. The first-order chi connectivity index (χ1) is 7.85. The molecule has 0 rings (SSSR count). The van der Waals surface area contributed by atoms with E-state index in [9.17, 15) is 4.79 Å². The number of carbonyl (C=O) groups excluding carboxylic acids is 1. The van der Waals surface area contributed by atoms with Gasteiger partial charge in [-0.15, -0.1) is 24.0 Å². The van der Waals surface area contributed by atoms with E-state index >= 15 is 0 Å². The lowest BCUT2D eigenvalue weighted by atomic mass is 10.2. The molecule has 0 saturated carbocycles. The first-order valence-electron chi connectivity index (χ1n) is 5.86. The van der Waals surface area contributed by atoms with Crippen LogP contribution in [0.3, 0.4) is 0 Å². The molecule has 4 N–H and O–H groups in total. The minimum absolute atomic E-state index is 0. The van der Waals surface area contributed by atoms with Gasteiger partial charge in [-0.2, -0.15) is 0 Å². The average molecular weight is 372 g/mol. The first-order valence-corrected chi connectivity index (χ1v) is 5.86. The summed E-state index contributed by atoms with van der Waals surface area (Å²) in [7, 11) is 0. The van der Waals surface area contributed by atoms with Crippen LogP contribution in [0.25, 0.3) is 0 Å². The van der Waals surface area contributed by atoms with Crippen molar-refractivity contribution in [2.24, 2.45) is 10.7 Å². The van der Waals surface area contributed by atoms with E-state index in [-0.39, 0.29) is 24.0 Å². The van der Waals surface area contributed by atoms with Gasteiger partial charge in [0.05, 0.1) is 0 Å². The summed E-state index contributed by atoms with van der Waals surface area (Å²) < 4.78 is 5.07. The van der Waals surface area contributed by atoms with E-state index in [0.717, 1.165) is 6.42 Å². The zero-order valence-electron chi connectivity index (χ0n) is 11.6. The third kappa shape index (κ3) is 13.3. The lowest BCUT2D eigenvalue weighted by Crippen LogP contribution is -2.40. The number of rotatable bonds is 5. The van der Waals surface area contributed by atoms with Crippen molar-refractivity contribution in [1.82, 2.24) is 10.6 Å². The summed E-state index contributed by atoms with van der Waals surface area (Å²) >= 11 is 0. The van der Waals surface area contributed by atoms with Gasteiger partial charge in [-0.05, 0) is 27.2 Å². The standard InChI is InChI=1S/C11H24N4O2.HI/c1-5-6-13-9(12)14-7-8-15-10(16)17-11(2,3)4;/h5-8H2,1-4H3,(H,15,16)(H3,12,13,14);1H. The maximum Gasteiger partial charge on any atom is 0.407 e. The number of halogens is 1. The highest BCUT2D eigenvalue weighted by Gasteiger charge is 2.15. The molecule has 0 fully saturated rings. The van der Waals surface area contributed by atoms with Crippen LogP contribution >= 0.6 is 24.0 Å². The summed E-state index contributed by atoms with van der Waals surface area (Å²) in [5, 5.41) is 5.51. The van der Waals surface area contributed by atoms with Crippen molar-refractivity contribution in [1.29, 1.82) is 0 Å². The molecule has 0 saturated heterocycles. The molecular formula is C11H25IN4O2. The first kappa shape index (κ1) is 19.6. The zero-order chi connectivity index (χ0) is 13.3. The molecule has 108 valence electrons. The normalized spacial score (nSPS) is 11.4. The summed E-state index contributed by atoms with van der Waals surface area (Å²) in [6, 6.07) is 0. The molecule has 6 nitrogen and oxygen atoms in total. The highest BCUT2D eigenvalue weighted by atomic mass is 127. The van der Waals surface area contributed by atoms with E-state index in [0.29, 0.717) is 25.6 Å². The van der Waals surface area contributed by atoms with Gasteiger partial charge in [0.25, 0.3) is 0 Å². The number of ether oxygens (including phenoxy) is 1. The van der Waals surface area contributed by atoms with Crippen LogP contribution in [0.4, 0.5) is 4.79 Å². The highest BCUT2D eigenvalue weighted by Crippen LogP contribution is 2.05. The fourth-order valence-corrected chi connectivity index (χ4v) is 0.957. The van der Waals surface area contributed by atoms with E-state index in [1.165, 1.54) is 0 Å². The van der Waals surface area contributed by atoms with E-state index < -0.39 is 11.7 Å². The lowest BCUT2D eigenvalue weighted by Gasteiger charge is -2.19. The highest BCUT2D eigenvalue weighted by molar-refractivity contribution is 14.0. The second kappa shape index (κ2) is 10.2. The maximum atomic E-state index is 11.3. The van der Waals surface area contributed by atoms with Crippen LogP contribution in [0.15, 0.2) is 4.99 Å². The summed E-state index contributed by atoms with van der Waals surface area (Å²) in [5.74, 6) is 0.401. The molecule has 0 bridgehead atoms. The number of hydrogen-bond donors (Lipinski definition) is 3. The van der Waals surface area contributed by atoms with Crippen molar-refractivity contribution in [3.05, 3.63) is 0 Å². The Hall–Kier alpha value is -0.730. The maximum absolute atomic E-state index is 11.3. The van der Waals surface area contributed by atoms with Crippen LogP contribution in [-0.4, -0.2) is 37.3 Å². The number of nitrogens with one attached hydrogen (secondary N) is 2. The predicted molar refractivity (Wildman–Crippen MR) is 84.4 cm³/mol. The number of alkyl carbamates (subject to hydrolysis) is 1. The lowest BCUT2D eigenvalue weighted by molar-refractivity contribution is 0.0529. The molecule has 1 amide bonds. The van der Waals surface area contributed by atoms with Crippen molar-refractivity contribution in [3.63, 3.8) is 0 Å². The quantitative estimate of drug-likeness (QED) is 0.295. The molecule has 0 aliphatic carbocycles. The number of carbonyl (C=O) groups is 1. The van der Waals surface area contributed by atoms with Crippen molar-refractivity contribution >= 4 is 36.0 Å². The van der Waals surface area contributed by atoms with Gasteiger partial charge < -0.3 is 21.1 Å². The third-order valence-corrected chi connectivity index (χ3v) is 1.61. The topological polar surface area (TPSA) is 88.7 Å². The van der Waals surface area contributed by atoms with E-state index in [1.54, 1.807) is 0 Å². The number of aliphatic imine (C=N–C) groups is 1. The van der Waals surface area contributed by atoms with Gasteiger partial charge in [-0.1, -0.05) is 6.92 Å². The minimum Gasteiger partial charge on any atom is -0.444 e. The second-order valence-electron chi connectivity index (χ2n) is 4.62.